The Morgan fingerprint density at radius 1 is 1.11 bits per heavy atom. The molecule has 0 aliphatic carbocycles. The molecule has 0 aliphatic rings. The van der Waals surface area contributed by atoms with Gasteiger partial charge >= 0.3 is 5.97 Å². The van der Waals surface area contributed by atoms with E-state index in [-0.39, 0.29) is 18.9 Å². The Morgan fingerprint density at radius 2 is 1.89 bits per heavy atom. The number of hydrogen-bond acceptors (Lipinski definition) is 7. The molecule has 0 bridgehead atoms. The predicted octanol–water partition coefficient (Wildman–Crippen LogP) is 4.15. The summed E-state index contributed by atoms with van der Waals surface area (Å²) >= 11 is 2.88. The van der Waals surface area contributed by atoms with Crippen LogP contribution in [0.15, 0.2) is 41.1 Å². The van der Waals surface area contributed by atoms with Crippen molar-refractivity contribution in [3.8, 4) is 0 Å². The number of carbonyl (C=O) groups is 2. The van der Waals surface area contributed by atoms with Gasteiger partial charge in [-0.15, -0.1) is 22.7 Å². The Labute approximate surface area is 170 Å². The first-order valence-electron chi connectivity index (χ1n) is 8.55. The van der Waals surface area contributed by atoms with Crippen molar-refractivity contribution in [3.05, 3.63) is 68.1 Å². The number of nitrogens with zero attached hydrogens (tertiary/aromatic N) is 2. The summed E-state index contributed by atoms with van der Waals surface area (Å²) in [5, 5.41) is 8.10. The first kappa shape index (κ1) is 19.9. The number of amides is 1. The highest BCUT2D eigenvalue weighted by Crippen LogP contribution is 2.14. The number of aryl methyl sites for hydroxylation is 2. The van der Waals surface area contributed by atoms with Crippen LogP contribution in [0.5, 0.6) is 0 Å². The van der Waals surface area contributed by atoms with Gasteiger partial charge in [0.15, 0.2) is 0 Å². The second kappa shape index (κ2) is 9.38. The highest BCUT2D eigenvalue weighted by molar-refractivity contribution is 7.10. The molecule has 28 heavy (non-hydrogen) atoms. The lowest BCUT2D eigenvalue weighted by Gasteiger charge is -2.04. The quantitative estimate of drug-likeness (QED) is 0.465. The van der Waals surface area contributed by atoms with Crippen LogP contribution in [0, 0.1) is 13.8 Å². The summed E-state index contributed by atoms with van der Waals surface area (Å²) in [6, 6.07) is 7.60. The van der Waals surface area contributed by atoms with Crippen LogP contribution >= 0.6 is 22.7 Å². The van der Waals surface area contributed by atoms with Gasteiger partial charge in [-0.25, -0.2) is 14.8 Å². The van der Waals surface area contributed by atoms with Gasteiger partial charge < -0.3 is 10.1 Å². The van der Waals surface area contributed by atoms with Gasteiger partial charge in [0.05, 0.1) is 22.8 Å². The molecule has 6 nitrogen and oxygen atoms in total. The van der Waals surface area contributed by atoms with E-state index in [1.54, 1.807) is 11.5 Å². The lowest BCUT2D eigenvalue weighted by molar-refractivity contribution is -0.139. The fourth-order valence-corrected chi connectivity index (χ4v) is 3.64. The first-order valence-corrected chi connectivity index (χ1v) is 10.3. The van der Waals surface area contributed by atoms with Crippen LogP contribution in [-0.2, 0) is 27.4 Å². The molecule has 0 radical (unpaired) electrons. The molecule has 1 aromatic carbocycles. The van der Waals surface area contributed by atoms with E-state index in [1.807, 2.05) is 43.5 Å². The van der Waals surface area contributed by atoms with Crippen LogP contribution in [0.4, 0.5) is 5.69 Å². The standard InChI is InChI=1S/C20H19N3O3S2/c1-13-3-5-15(6-4-13)22-18(24)9-19-23-17(12-28-19)10-26-20(25)8-7-16-11-27-14(2)21-16/h3-8,11-12H,9-10H2,1-2H3,(H,22,24)/b8-7+. The van der Waals surface area contributed by atoms with Crippen molar-refractivity contribution in [1.82, 2.24) is 9.97 Å². The lowest BCUT2D eigenvalue weighted by Crippen LogP contribution is -2.14. The smallest absolute Gasteiger partial charge is 0.331 e. The largest absolute Gasteiger partial charge is 0.456 e. The van der Waals surface area contributed by atoms with E-state index >= 15 is 0 Å². The molecular formula is C20H19N3O3S2. The fraction of sp³-hybridized carbons (Fsp3) is 0.200. The number of anilines is 1. The van der Waals surface area contributed by atoms with E-state index in [2.05, 4.69) is 15.3 Å². The molecule has 8 heteroatoms. The summed E-state index contributed by atoms with van der Waals surface area (Å²) in [5.74, 6) is -0.597. The minimum Gasteiger partial charge on any atom is -0.456 e. The zero-order valence-electron chi connectivity index (χ0n) is 15.5. The third-order valence-electron chi connectivity index (χ3n) is 3.64. The Bertz CT molecular complexity index is 990. The zero-order valence-corrected chi connectivity index (χ0v) is 17.1. The molecule has 0 atom stereocenters. The van der Waals surface area contributed by atoms with Crippen molar-refractivity contribution in [2.75, 3.05) is 5.32 Å². The van der Waals surface area contributed by atoms with Crippen molar-refractivity contribution >= 4 is 46.3 Å². The zero-order chi connectivity index (χ0) is 19.9. The number of benzene rings is 1. The van der Waals surface area contributed by atoms with Crippen molar-refractivity contribution in [2.24, 2.45) is 0 Å². The summed E-state index contributed by atoms with van der Waals surface area (Å²) in [6.07, 6.45) is 3.14. The number of nitrogens with one attached hydrogen (secondary N) is 1. The fourth-order valence-electron chi connectivity index (χ4n) is 2.28. The van der Waals surface area contributed by atoms with Crippen LogP contribution in [0.25, 0.3) is 6.08 Å². The predicted molar refractivity (Wildman–Crippen MR) is 111 cm³/mol. The molecule has 144 valence electrons. The number of ether oxygens (including phenoxy) is 1. The van der Waals surface area contributed by atoms with Gasteiger partial charge in [0, 0.05) is 22.5 Å². The van der Waals surface area contributed by atoms with E-state index in [9.17, 15) is 9.59 Å². The van der Waals surface area contributed by atoms with E-state index < -0.39 is 5.97 Å². The van der Waals surface area contributed by atoms with Gasteiger partial charge in [0.25, 0.3) is 0 Å². The van der Waals surface area contributed by atoms with Gasteiger partial charge in [-0.1, -0.05) is 17.7 Å². The molecule has 1 amide bonds. The van der Waals surface area contributed by atoms with E-state index in [1.165, 1.54) is 28.7 Å². The lowest BCUT2D eigenvalue weighted by atomic mass is 10.2. The number of carbonyl (C=O) groups excluding carboxylic acids is 2. The monoisotopic (exact) mass is 413 g/mol. The minimum atomic E-state index is -0.461. The van der Waals surface area contributed by atoms with E-state index in [0.29, 0.717) is 10.7 Å². The topological polar surface area (TPSA) is 81.2 Å². The number of aromatic nitrogens is 2. The van der Waals surface area contributed by atoms with Gasteiger partial charge in [-0.05, 0) is 32.1 Å². The number of esters is 1. The van der Waals surface area contributed by atoms with Gasteiger partial charge in [0.2, 0.25) is 5.91 Å². The summed E-state index contributed by atoms with van der Waals surface area (Å²) < 4.78 is 5.18. The summed E-state index contributed by atoms with van der Waals surface area (Å²) in [5.41, 5.74) is 3.24. The van der Waals surface area contributed by atoms with Gasteiger partial charge in [-0.3, -0.25) is 4.79 Å². The van der Waals surface area contributed by atoms with Gasteiger partial charge in [0.1, 0.15) is 11.6 Å². The maximum Gasteiger partial charge on any atom is 0.331 e. The highest BCUT2D eigenvalue weighted by Gasteiger charge is 2.09. The number of rotatable bonds is 7. The Balaban J connectivity index is 1.45. The molecule has 3 aromatic rings. The maximum absolute atomic E-state index is 12.1. The Kier molecular flexibility index (Phi) is 6.67. The molecule has 3 rings (SSSR count). The Hall–Kier alpha value is -2.84. The average molecular weight is 414 g/mol. The third kappa shape index (κ3) is 6.11. The summed E-state index contributed by atoms with van der Waals surface area (Å²) in [4.78, 5) is 32.5. The molecule has 2 heterocycles. The van der Waals surface area contributed by atoms with Crippen molar-refractivity contribution in [3.63, 3.8) is 0 Å². The van der Waals surface area contributed by atoms with E-state index in [0.717, 1.165) is 22.0 Å². The molecule has 0 spiro atoms. The maximum atomic E-state index is 12.1. The molecule has 0 saturated carbocycles. The molecule has 0 aliphatic heterocycles. The molecular weight excluding hydrogens is 394 g/mol. The van der Waals surface area contributed by atoms with Crippen molar-refractivity contribution < 1.29 is 14.3 Å². The van der Waals surface area contributed by atoms with E-state index in [4.69, 9.17) is 4.74 Å². The summed E-state index contributed by atoms with van der Waals surface area (Å²) in [6.45, 7) is 3.96. The first-order chi connectivity index (χ1) is 13.5. The van der Waals surface area contributed by atoms with Crippen LogP contribution in [0.1, 0.15) is 27.0 Å². The minimum absolute atomic E-state index is 0.0648. The average Bonchev–Trinajstić information content (AvgIpc) is 3.29. The second-order valence-electron chi connectivity index (χ2n) is 6.06. The molecule has 2 aromatic heterocycles. The SMILES string of the molecule is Cc1ccc(NC(=O)Cc2nc(COC(=O)/C=C/c3csc(C)n3)cs2)cc1. The number of thiazole rings is 2. The van der Waals surface area contributed by atoms with Crippen LogP contribution in [-0.4, -0.2) is 21.8 Å². The van der Waals surface area contributed by atoms with Crippen LogP contribution in [0.2, 0.25) is 0 Å². The van der Waals surface area contributed by atoms with Crippen molar-refractivity contribution in [1.29, 1.82) is 0 Å². The Morgan fingerprint density at radius 3 is 2.61 bits per heavy atom. The highest BCUT2D eigenvalue weighted by atomic mass is 32.1. The molecule has 0 saturated heterocycles. The molecule has 0 fully saturated rings. The third-order valence-corrected chi connectivity index (χ3v) is 5.33. The van der Waals surface area contributed by atoms with Crippen LogP contribution < -0.4 is 5.32 Å². The van der Waals surface area contributed by atoms with Crippen LogP contribution in [0.3, 0.4) is 0 Å². The van der Waals surface area contributed by atoms with Crippen molar-refractivity contribution in [2.45, 2.75) is 26.9 Å². The summed E-state index contributed by atoms with van der Waals surface area (Å²) in [7, 11) is 0. The second-order valence-corrected chi connectivity index (χ2v) is 8.06. The molecule has 0 unspecified atom stereocenters. The normalized spacial score (nSPS) is 10.9. The number of hydrogen-bond donors (Lipinski definition) is 1. The van der Waals surface area contributed by atoms with Gasteiger partial charge in [-0.2, -0.15) is 0 Å². The molecule has 1 N–H and O–H groups in total.